The number of nitrogens with zero attached hydrogens (tertiary/aromatic N) is 2. The number of amides is 1. The molecule has 3 aromatic rings. The molecule has 3 heterocycles. The van der Waals surface area contributed by atoms with E-state index in [-0.39, 0.29) is 29.8 Å². The topological polar surface area (TPSA) is 29.5 Å². The molecule has 0 aliphatic carbocycles. The summed E-state index contributed by atoms with van der Waals surface area (Å²) < 4.78 is 62.8. The Labute approximate surface area is 220 Å². The van der Waals surface area contributed by atoms with Crippen LogP contribution in [-0.2, 0) is 17.7 Å². The Morgan fingerprint density at radius 3 is 2.21 bits per heavy atom. The van der Waals surface area contributed by atoms with Gasteiger partial charge in [-0.15, -0.1) is 0 Å². The average molecular weight is 528 g/mol. The van der Waals surface area contributed by atoms with Gasteiger partial charge in [-0.05, 0) is 41.8 Å². The average Bonchev–Trinajstić information content (AvgIpc) is 2.92. The van der Waals surface area contributed by atoms with Gasteiger partial charge in [-0.2, -0.15) is 0 Å². The van der Waals surface area contributed by atoms with Crippen molar-refractivity contribution >= 4 is 11.8 Å². The van der Waals surface area contributed by atoms with E-state index in [0.29, 0.717) is 6.54 Å². The van der Waals surface area contributed by atoms with Crippen LogP contribution in [-0.4, -0.2) is 42.9 Å². The molecule has 3 aromatic carbocycles. The normalized spacial score (nSPS) is 22.3. The summed E-state index contributed by atoms with van der Waals surface area (Å²) in [5.41, 5.74) is 1.21. The molecule has 4 nitrogen and oxygen atoms in total. The van der Waals surface area contributed by atoms with Gasteiger partial charge in [-0.3, -0.25) is 4.90 Å². The number of carbonyl (C=O) groups excluding carboxylic acids is 1. The third kappa shape index (κ3) is 5.70. The van der Waals surface area contributed by atoms with E-state index in [2.05, 4.69) is 12.1 Å². The van der Waals surface area contributed by atoms with Gasteiger partial charge in [-0.1, -0.05) is 42.5 Å². The number of benzene rings is 3. The fourth-order valence-electron chi connectivity index (χ4n) is 5.93. The first-order chi connectivity index (χ1) is 18.3. The van der Waals surface area contributed by atoms with Gasteiger partial charge in [-0.25, -0.2) is 22.4 Å². The highest BCUT2D eigenvalue weighted by molar-refractivity contribution is 5.87. The molecule has 1 atom stereocenters. The summed E-state index contributed by atoms with van der Waals surface area (Å²) in [4.78, 5) is 14.5. The van der Waals surface area contributed by atoms with E-state index in [9.17, 15) is 22.4 Å². The van der Waals surface area contributed by atoms with Crippen molar-refractivity contribution in [2.45, 2.75) is 38.3 Å². The van der Waals surface area contributed by atoms with Crippen molar-refractivity contribution in [3.05, 3.63) is 101 Å². The molecule has 0 saturated carbocycles. The number of quaternary nitrogens is 1. The molecule has 6 rings (SSSR count). The van der Waals surface area contributed by atoms with Crippen molar-refractivity contribution in [2.75, 3.05) is 31.1 Å². The Bertz CT molecular complexity index is 1260. The van der Waals surface area contributed by atoms with Gasteiger partial charge in [0.15, 0.2) is 23.6 Å². The first-order valence-electron chi connectivity index (χ1n) is 13.1. The van der Waals surface area contributed by atoms with Crippen LogP contribution in [0.25, 0.3) is 0 Å². The van der Waals surface area contributed by atoms with Crippen LogP contribution in [0.1, 0.15) is 30.4 Å². The number of hydrogen-bond donors (Lipinski definition) is 0. The lowest BCUT2D eigenvalue weighted by molar-refractivity contribution is -0.946. The number of carbonyl (C=O) groups is 1. The molecule has 3 aliphatic heterocycles. The van der Waals surface area contributed by atoms with Crippen LogP contribution in [0.2, 0.25) is 0 Å². The van der Waals surface area contributed by atoms with E-state index in [0.717, 1.165) is 66.8 Å². The maximum absolute atomic E-state index is 14.7. The lowest BCUT2D eigenvalue weighted by Gasteiger charge is -2.52. The number of piperidine rings is 3. The Morgan fingerprint density at radius 2 is 1.53 bits per heavy atom. The largest absolute Gasteiger partial charge is 0.440 e. The second kappa shape index (κ2) is 11.2. The molecule has 2 bridgehead atoms. The second-order valence-electron chi connectivity index (χ2n) is 10.5. The molecule has 0 radical (unpaired) electrons. The van der Waals surface area contributed by atoms with Crippen molar-refractivity contribution in [2.24, 2.45) is 5.92 Å². The Balaban J connectivity index is 1.31. The number of aryl methyl sites for hydroxylation is 1. The molecule has 8 heteroatoms. The van der Waals surface area contributed by atoms with Crippen molar-refractivity contribution in [1.82, 2.24) is 0 Å². The smallest absolute Gasteiger partial charge is 0.415 e. The number of ether oxygens (including phenoxy) is 1. The standard InChI is InChI=1S/C30H31F4N2O2/c31-24-10-4-5-11-27(24)35(19-22-17-25(32)29(34)26(33)18-22)30(37)38-28-20-36(15-12-23(28)13-16-36)14-6-9-21-7-2-1-3-8-21/h1-5,7-8,10-11,17-18,23,28H,6,9,12-16,19-20H2/q+1/t23?,28-,36?/m0/s1. The number of hydrogen-bond acceptors (Lipinski definition) is 2. The maximum Gasteiger partial charge on any atom is 0.415 e. The zero-order chi connectivity index (χ0) is 26.7. The third-order valence-electron chi connectivity index (χ3n) is 7.98. The van der Waals surface area contributed by atoms with Gasteiger partial charge in [0.2, 0.25) is 0 Å². The molecule has 0 N–H and O–H groups in total. The van der Waals surface area contributed by atoms with Crippen LogP contribution < -0.4 is 4.90 Å². The minimum absolute atomic E-state index is 0.0140. The molecule has 0 unspecified atom stereocenters. The van der Waals surface area contributed by atoms with E-state index in [1.807, 2.05) is 18.2 Å². The van der Waals surface area contributed by atoms with E-state index >= 15 is 0 Å². The van der Waals surface area contributed by atoms with Gasteiger partial charge >= 0.3 is 6.09 Å². The minimum atomic E-state index is -1.60. The fraction of sp³-hybridized carbons (Fsp3) is 0.367. The molecule has 0 spiro atoms. The molecule has 200 valence electrons. The monoisotopic (exact) mass is 527 g/mol. The summed E-state index contributed by atoms with van der Waals surface area (Å²) in [7, 11) is 0. The van der Waals surface area contributed by atoms with Crippen LogP contribution in [0.5, 0.6) is 0 Å². The van der Waals surface area contributed by atoms with Crippen LogP contribution in [0.15, 0.2) is 66.7 Å². The molecule has 3 aliphatic rings. The summed E-state index contributed by atoms with van der Waals surface area (Å²) in [6.07, 6.45) is 2.77. The predicted molar refractivity (Wildman–Crippen MR) is 136 cm³/mol. The lowest BCUT2D eigenvalue weighted by Crippen LogP contribution is -2.65. The SMILES string of the molecule is O=C(O[C@H]1C[N+]2(CCCc3ccccc3)CCC1CC2)N(Cc1cc(F)c(F)c(F)c1)c1ccccc1F. The molecule has 3 saturated heterocycles. The highest BCUT2D eigenvalue weighted by atomic mass is 19.2. The van der Waals surface area contributed by atoms with Crippen molar-refractivity contribution < 1.29 is 31.6 Å². The maximum atomic E-state index is 14.7. The van der Waals surface area contributed by atoms with Gasteiger partial charge in [0.05, 0.1) is 31.9 Å². The number of para-hydroxylation sites is 1. The first kappa shape index (κ1) is 26.2. The summed E-state index contributed by atoms with van der Waals surface area (Å²) in [6.45, 7) is 3.39. The molecule has 0 aromatic heterocycles. The van der Waals surface area contributed by atoms with Crippen molar-refractivity contribution in [3.8, 4) is 0 Å². The van der Waals surface area contributed by atoms with Gasteiger partial charge in [0.1, 0.15) is 12.4 Å². The van der Waals surface area contributed by atoms with Crippen LogP contribution in [0, 0.1) is 29.2 Å². The van der Waals surface area contributed by atoms with E-state index in [4.69, 9.17) is 4.74 Å². The Hall–Kier alpha value is -3.39. The van der Waals surface area contributed by atoms with Crippen LogP contribution >= 0.6 is 0 Å². The number of halogens is 4. The van der Waals surface area contributed by atoms with Gasteiger partial charge < -0.3 is 9.22 Å². The van der Waals surface area contributed by atoms with Crippen LogP contribution in [0.3, 0.4) is 0 Å². The number of fused-ring (bicyclic) bond motifs is 3. The highest BCUT2D eigenvalue weighted by Crippen LogP contribution is 2.37. The van der Waals surface area contributed by atoms with Crippen LogP contribution in [0.4, 0.5) is 28.0 Å². The second-order valence-corrected chi connectivity index (χ2v) is 10.5. The van der Waals surface area contributed by atoms with Crippen molar-refractivity contribution in [3.63, 3.8) is 0 Å². The van der Waals surface area contributed by atoms with E-state index in [1.165, 1.54) is 23.8 Å². The summed E-state index contributed by atoms with van der Waals surface area (Å²) in [5.74, 6) is -4.80. The minimum Gasteiger partial charge on any atom is -0.440 e. The molecule has 38 heavy (non-hydrogen) atoms. The fourth-order valence-corrected chi connectivity index (χ4v) is 5.93. The third-order valence-corrected chi connectivity index (χ3v) is 7.98. The lowest BCUT2D eigenvalue weighted by atomic mass is 9.83. The zero-order valence-electron chi connectivity index (χ0n) is 21.1. The van der Waals surface area contributed by atoms with Crippen molar-refractivity contribution in [1.29, 1.82) is 0 Å². The predicted octanol–water partition coefficient (Wildman–Crippen LogP) is 6.63. The number of rotatable bonds is 8. The molecular formula is C30H31F4N2O2+. The molecular weight excluding hydrogens is 496 g/mol. The Morgan fingerprint density at radius 1 is 0.868 bits per heavy atom. The molecule has 3 fully saturated rings. The van der Waals surface area contributed by atoms with Gasteiger partial charge in [0, 0.05) is 25.2 Å². The number of anilines is 1. The summed E-state index contributed by atoms with van der Waals surface area (Å²) in [6, 6.07) is 17.6. The zero-order valence-corrected chi connectivity index (χ0v) is 21.1. The summed E-state index contributed by atoms with van der Waals surface area (Å²) in [5, 5.41) is 0. The molecule has 1 amide bonds. The van der Waals surface area contributed by atoms with E-state index in [1.54, 1.807) is 6.07 Å². The van der Waals surface area contributed by atoms with Gasteiger partial charge in [0.25, 0.3) is 0 Å². The Kier molecular flexibility index (Phi) is 7.70. The quantitative estimate of drug-likeness (QED) is 0.187. The first-order valence-corrected chi connectivity index (χ1v) is 13.1. The summed E-state index contributed by atoms with van der Waals surface area (Å²) >= 11 is 0. The highest BCUT2D eigenvalue weighted by Gasteiger charge is 2.47. The van der Waals surface area contributed by atoms with E-state index < -0.39 is 29.4 Å².